The first-order chi connectivity index (χ1) is 7.79. The molecule has 1 fully saturated rings. The zero-order valence-electron chi connectivity index (χ0n) is 9.68. The Labute approximate surface area is 97.8 Å². The van der Waals surface area contributed by atoms with E-state index in [1.165, 1.54) is 0 Å². The number of carboxylic acid groups (broad SMARTS) is 1. The lowest BCUT2D eigenvalue weighted by atomic mass is 9.87. The fraction of sp³-hybridized carbons (Fsp3) is 0.900. The average Bonchev–Trinajstić information content (AvgIpc) is 2.26. The second-order valence-corrected chi connectivity index (χ2v) is 4.29. The lowest BCUT2D eigenvalue weighted by Gasteiger charge is -2.39. The van der Waals surface area contributed by atoms with Crippen LogP contribution in [0.3, 0.4) is 0 Å². The first-order valence-electron chi connectivity index (χ1n) is 5.56. The highest BCUT2D eigenvalue weighted by atomic mass is 19.4. The number of carbonyl (C=O) groups is 1. The summed E-state index contributed by atoms with van der Waals surface area (Å²) >= 11 is 0. The molecule has 17 heavy (non-hydrogen) atoms. The number of nitrogens with zero attached hydrogens (tertiary/aromatic N) is 1. The summed E-state index contributed by atoms with van der Waals surface area (Å²) in [4.78, 5) is 13.2. The molecule has 0 aromatic carbocycles. The van der Waals surface area contributed by atoms with E-state index in [0.29, 0.717) is 13.1 Å². The summed E-state index contributed by atoms with van der Waals surface area (Å²) in [5, 5.41) is 11.3. The first-order valence-corrected chi connectivity index (χ1v) is 5.56. The van der Waals surface area contributed by atoms with Gasteiger partial charge in [-0.05, 0) is 19.4 Å². The van der Waals surface area contributed by atoms with Gasteiger partial charge < -0.3 is 10.0 Å². The van der Waals surface area contributed by atoms with Crippen molar-refractivity contribution >= 4 is 5.97 Å². The highest BCUT2D eigenvalue weighted by molar-refractivity contribution is 5.79. The number of halogens is 3. The molecule has 0 saturated carbocycles. The summed E-state index contributed by atoms with van der Waals surface area (Å²) in [7, 11) is 0. The van der Waals surface area contributed by atoms with Gasteiger partial charge in [-0.15, -0.1) is 0 Å². The van der Waals surface area contributed by atoms with Crippen LogP contribution >= 0.6 is 0 Å². The molecule has 0 radical (unpaired) electrons. The smallest absolute Gasteiger partial charge is 0.401 e. The molecular formula is C10H17F3N2O2. The van der Waals surface area contributed by atoms with Crippen molar-refractivity contribution in [3.8, 4) is 0 Å². The summed E-state index contributed by atoms with van der Waals surface area (Å²) in [6.07, 6.45) is -3.98. The molecule has 1 saturated heterocycles. The summed E-state index contributed by atoms with van der Waals surface area (Å²) in [5.74, 6) is -1.20. The monoisotopic (exact) mass is 254 g/mol. The largest absolute Gasteiger partial charge is 0.480 e. The molecule has 0 spiro atoms. The maximum atomic E-state index is 12.1. The third-order valence-corrected chi connectivity index (χ3v) is 3.19. The van der Waals surface area contributed by atoms with Gasteiger partial charge in [-0.3, -0.25) is 10.1 Å². The minimum atomic E-state index is -4.38. The summed E-state index contributed by atoms with van der Waals surface area (Å²) in [5.41, 5.74) is -1.43. The van der Waals surface area contributed by atoms with Crippen LogP contribution in [0.2, 0.25) is 0 Å². The van der Waals surface area contributed by atoms with E-state index in [0.717, 1.165) is 6.54 Å². The van der Waals surface area contributed by atoms with Crippen molar-refractivity contribution in [3.63, 3.8) is 0 Å². The van der Waals surface area contributed by atoms with Gasteiger partial charge in [0.1, 0.15) is 5.54 Å². The number of alkyl halides is 3. The molecule has 0 aromatic rings. The number of nitrogens with one attached hydrogen (secondary N) is 1. The van der Waals surface area contributed by atoms with E-state index >= 15 is 0 Å². The molecule has 0 aliphatic carbocycles. The Morgan fingerprint density at radius 1 is 1.41 bits per heavy atom. The lowest BCUT2D eigenvalue weighted by Crippen LogP contribution is -2.60. The highest BCUT2D eigenvalue weighted by Crippen LogP contribution is 2.24. The van der Waals surface area contributed by atoms with Gasteiger partial charge in [0.05, 0.1) is 6.54 Å². The number of rotatable bonds is 4. The SMILES string of the molecule is CCN1CCC(NCC(F)(F)F)(C(=O)O)CC1. The normalized spacial score (nSPS) is 21.4. The standard InChI is InChI=1S/C10H17F3N2O2/c1-2-15-5-3-9(4-6-15,8(16)17)14-7-10(11,12)13/h14H,2-7H2,1H3,(H,16,17). The number of likely N-dealkylation sites (tertiary alicyclic amines) is 1. The molecule has 0 unspecified atom stereocenters. The van der Waals surface area contributed by atoms with E-state index in [2.05, 4.69) is 5.32 Å². The van der Waals surface area contributed by atoms with Gasteiger partial charge in [-0.2, -0.15) is 13.2 Å². The van der Waals surface area contributed by atoms with Crippen LogP contribution in [0, 0.1) is 0 Å². The van der Waals surface area contributed by atoms with Gasteiger partial charge in [0.2, 0.25) is 0 Å². The molecule has 1 heterocycles. The van der Waals surface area contributed by atoms with Crippen molar-refractivity contribution in [2.45, 2.75) is 31.5 Å². The van der Waals surface area contributed by atoms with Crippen LogP contribution in [0.15, 0.2) is 0 Å². The molecule has 7 heteroatoms. The minimum Gasteiger partial charge on any atom is -0.480 e. The Balaban J connectivity index is 2.62. The second-order valence-electron chi connectivity index (χ2n) is 4.29. The third-order valence-electron chi connectivity index (χ3n) is 3.19. The molecule has 0 aromatic heterocycles. The van der Waals surface area contributed by atoms with E-state index in [4.69, 9.17) is 5.11 Å². The van der Waals surface area contributed by atoms with Crippen molar-refractivity contribution in [1.29, 1.82) is 0 Å². The van der Waals surface area contributed by atoms with Crippen LogP contribution in [-0.2, 0) is 4.79 Å². The molecule has 100 valence electrons. The molecular weight excluding hydrogens is 237 g/mol. The predicted molar refractivity (Wildman–Crippen MR) is 55.8 cm³/mol. The Bertz CT molecular complexity index is 273. The topological polar surface area (TPSA) is 52.6 Å². The van der Waals surface area contributed by atoms with Crippen molar-refractivity contribution in [2.24, 2.45) is 0 Å². The van der Waals surface area contributed by atoms with Crippen LogP contribution in [0.5, 0.6) is 0 Å². The van der Waals surface area contributed by atoms with Crippen LogP contribution < -0.4 is 5.32 Å². The third kappa shape index (κ3) is 3.85. The summed E-state index contributed by atoms with van der Waals surface area (Å²) in [6.45, 7) is 2.48. The Hall–Kier alpha value is -0.820. The number of carboxylic acids is 1. The fourth-order valence-corrected chi connectivity index (χ4v) is 1.99. The predicted octanol–water partition coefficient (Wildman–Crippen LogP) is 1.08. The van der Waals surface area contributed by atoms with E-state index in [9.17, 15) is 18.0 Å². The van der Waals surface area contributed by atoms with Gasteiger partial charge in [-0.1, -0.05) is 6.92 Å². The number of piperidine rings is 1. The Morgan fingerprint density at radius 2 is 1.94 bits per heavy atom. The molecule has 0 atom stereocenters. The molecule has 4 nitrogen and oxygen atoms in total. The molecule has 1 aliphatic rings. The van der Waals surface area contributed by atoms with Gasteiger partial charge in [-0.25, -0.2) is 0 Å². The van der Waals surface area contributed by atoms with Crippen LogP contribution in [0.1, 0.15) is 19.8 Å². The van der Waals surface area contributed by atoms with Gasteiger partial charge in [0.15, 0.2) is 0 Å². The van der Waals surface area contributed by atoms with Crippen molar-refractivity contribution in [1.82, 2.24) is 10.2 Å². The molecule has 0 amide bonds. The van der Waals surface area contributed by atoms with Crippen LogP contribution in [-0.4, -0.2) is 53.9 Å². The van der Waals surface area contributed by atoms with E-state index in [1.807, 2.05) is 11.8 Å². The Kier molecular flexibility index (Phi) is 4.37. The lowest BCUT2D eigenvalue weighted by molar-refractivity contribution is -0.153. The summed E-state index contributed by atoms with van der Waals surface area (Å²) < 4.78 is 36.4. The fourth-order valence-electron chi connectivity index (χ4n) is 1.99. The molecule has 0 bridgehead atoms. The minimum absolute atomic E-state index is 0.201. The average molecular weight is 254 g/mol. The maximum absolute atomic E-state index is 12.1. The van der Waals surface area contributed by atoms with Gasteiger partial charge in [0.25, 0.3) is 0 Å². The Morgan fingerprint density at radius 3 is 2.29 bits per heavy atom. The number of aliphatic carboxylic acids is 1. The van der Waals surface area contributed by atoms with Crippen LogP contribution in [0.4, 0.5) is 13.2 Å². The van der Waals surface area contributed by atoms with Crippen molar-refractivity contribution in [2.75, 3.05) is 26.2 Å². The summed E-state index contributed by atoms with van der Waals surface area (Å²) in [6, 6.07) is 0. The van der Waals surface area contributed by atoms with Crippen LogP contribution in [0.25, 0.3) is 0 Å². The zero-order chi connectivity index (χ0) is 13.1. The van der Waals surface area contributed by atoms with Crippen molar-refractivity contribution in [3.05, 3.63) is 0 Å². The zero-order valence-corrected chi connectivity index (χ0v) is 9.68. The van der Waals surface area contributed by atoms with Gasteiger partial charge in [0, 0.05) is 13.1 Å². The quantitative estimate of drug-likeness (QED) is 0.788. The number of hydrogen-bond acceptors (Lipinski definition) is 3. The van der Waals surface area contributed by atoms with E-state index in [-0.39, 0.29) is 12.8 Å². The van der Waals surface area contributed by atoms with E-state index in [1.54, 1.807) is 0 Å². The first kappa shape index (κ1) is 14.2. The highest BCUT2D eigenvalue weighted by Gasteiger charge is 2.43. The van der Waals surface area contributed by atoms with E-state index < -0.39 is 24.2 Å². The van der Waals surface area contributed by atoms with Crippen molar-refractivity contribution < 1.29 is 23.1 Å². The maximum Gasteiger partial charge on any atom is 0.401 e. The molecule has 2 N–H and O–H groups in total. The van der Waals surface area contributed by atoms with Gasteiger partial charge >= 0.3 is 12.1 Å². The molecule has 1 aliphatic heterocycles. The second kappa shape index (κ2) is 5.22. The molecule has 1 rings (SSSR count). The number of hydrogen-bond donors (Lipinski definition) is 2.